The number of Topliss-reactive ketones (excluding diaryl/α,β-unsaturated/α-hetero) is 1. The molecule has 6 nitrogen and oxygen atoms in total. The Labute approximate surface area is 164 Å². The summed E-state index contributed by atoms with van der Waals surface area (Å²) in [5.41, 5.74) is -2.16. The lowest BCUT2D eigenvalue weighted by Crippen LogP contribution is -2.49. The first-order chi connectivity index (χ1) is 12.1. The fraction of sp³-hybridized carbons (Fsp3) is 0.600. The first-order valence-corrected chi connectivity index (χ1v) is 9.73. The highest BCUT2D eigenvalue weighted by Gasteiger charge is 2.49. The Morgan fingerprint density at radius 1 is 0.963 bits per heavy atom. The van der Waals surface area contributed by atoms with E-state index in [4.69, 9.17) is 13.1 Å². The normalized spacial score (nSPS) is 15.6. The van der Waals surface area contributed by atoms with Gasteiger partial charge in [-0.3, -0.25) is 13.8 Å². The van der Waals surface area contributed by atoms with E-state index >= 15 is 0 Å². The predicted octanol–water partition coefficient (Wildman–Crippen LogP) is 3.93. The number of rotatable bonds is 7. The van der Waals surface area contributed by atoms with E-state index in [0.29, 0.717) is 5.75 Å². The van der Waals surface area contributed by atoms with Crippen LogP contribution < -0.4 is 4.18 Å². The van der Waals surface area contributed by atoms with Crippen LogP contribution in [0.3, 0.4) is 0 Å². The van der Waals surface area contributed by atoms with Gasteiger partial charge in [0.15, 0.2) is 5.78 Å². The molecular weight excluding hydrogens is 368 g/mol. The van der Waals surface area contributed by atoms with Crippen LogP contribution in [0.2, 0.25) is 0 Å². The third-order valence-electron chi connectivity index (χ3n) is 3.66. The van der Waals surface area contributed by atoms with Crippen LogP contribution in [0.15, 0.2) is 24.3 Å². The molecule has 1 aromatic rings. The molecule has 0 bridgehead atoms. The van der Waals surface area contributed by atoms with E-state index < -0.39 is 40.4 Å². The van der Waals surface area contributed by atoms with Gasteiger partial charge in [-0.05, 0) is 46.8 Å². The molecule has 1 aromatic carbocycles. The van der Waals surface area contributed by atoms with Crippen molar-refractivity contribution in [3.8, 4) is 5.75 Å². The van der Waals surface area contributed by atoms with Crippen molar-refractivity contribution in [3.63, 3.8) is 0 Å². The Morgan fingerprint density at radius 2 is 1.48 bits per heavy atom. The van der Waals surface area contributed by atoms with Crippen LogP contribution in [0.4, 0.5) is 0 Å². The molecule has 0 aliphatic rings. The molecule has 0 aromatic heterocycles. The third kappa shape index (κ3) is 7.07. The molecule has 0 heterocycles. The van der Waals surface area contributed by atoms with Gasteiger partial charge in [0.1, 0.15) is 16.8 Å². The monoisotopic (exact) mass is 398 g/mol. The minimum atomic E-state index is -2.17. The van der Waals surface area contributed by atoms with Gasteiger partial charge in [0.05, 0.1) is 6.61 Å². The molecule has 0 spiro atoms. The Morgan fingerprint density at radius 3 is 1.93 bits per heavy atom. The molecule has 2 atom stereocenters. The van der Waals surface area contributed by atoms with Gasteiger partial charge in [-0.2, -0.15) is 4.21 Å². The quantitative estimate of drug-likeness (QED) is 0.511. The number of carbonyl (C=O) groups excluding carboxylic acids is 2. The Kier molecular flexibility index (Phi) is 7.36. The number of esters is 1. The van der Waals surface area contributed by atoms with Gasteiger partial charge in [0.2, 0.25) is 0 Å². The van der Waals surface area contributed by atoms with E-state index in [0.717, 1.165) is 5.56 Å². The van der Waals surface area contributed by atoms with Gasteiger partial charge in [-0.15, -0.1) is 0 Å². The molecule has 0 aliphatic carbocycles. The van der Waals surface area contributed by atoms with Crippen LogP contribution in [0, 0.1) is 17.8 Å². The molecule has 0 amide bonds. The maximum absolute atomic E-state index is 12.9. The van der Waals surface area contributed by atoms with Gasteiger partial charge in [0, 0.05) is 5.41 Å². The van der Waals surface area contributed by atoms with Gasteiger partial charge >= 0.3 is 17.3 Å². The third-order valence-corrected chi connectivity index (χ3v) is 4.30. The van der Waals surface area contributed by atoms with Gasteiger partial charge in [-0.1, -0.05) is 38.5 Å². The largest absolute Gasteiger partial charge is 0.459 e. The molecule has 27 heavy (non-hydrogen) atoms. The Hall–Kier alpha value is -1.73. The van der Waals surface area contributed by atoms with Gasteiger partial charge in [0.25, 0.3) is 0 Å². The second kappa shape index (κ2) is 8.52. The average molecular weight is 399 g/mol. The van der Waals surface area contributed by atoms with Crippen LogP contribution in [-0.4, -0.2) is 28.2 Å². The van der Waals surface area contributed by atoms with Crippen molar-refractivity contribution in [2.75, 3.05) is 6.61 Å². The van der Waals surface area contributed by atoms with Crippen LogP contribution in [0.25, 0.3) is 0 Å². The number of ether oxygens (including phenoxy) is 1. The summed E-state index contributed by atoms with van der Waals surface area (Å²) < 4.78 is 27.9. The summed E-state index contributed by atoms with van der Waals surface area (Å²) in [5.74, 6) is -0.723. The second-order valence-electron chi connectivity index (χ2n) is 8.78. The molecule has 2 unspecified atom stereocenters. The summed E-state index contributed by atoms with van der Waals surface area (Å²) >= 11 is -2.17. The zero-order chi connectivity index (χ0) is 21.0. The average Bonchev–Trinajstić information content (AvgIpc) is 2.51. The highest BCUT2D eigenvalue weighted by atomic mass is 32.2. The zero-order valence-electron chi connectivity index (χ0n) is 17.4. The maximum Gasteiger partial charge on any atom is 0.360 e. The molecule has 152 valence electrons. The van der Waals surface area contributed by atoms with Gasteiger partial charge in [-0.25, -0.2) is 0 Å². The van der Waals surface area contributed by atoms with Gasteiger partial charge < -0.3 is 8.92 Å². The van der Waals surface area contributed by atoms with Crippen molar-refractivity contribution in [3.05, 3.63) is 29.8 Å². The molecule has 0 saturated carbocycles. The topological polar surface area (TPSA) is 78.9 Å². The van der Waals surface area contributed by atoms with Crippen molar-refractivity contribution in [2.45, 2.75) is 61.0 Å². The number of ketones is 1. The van der Waals surface area contributed by atoms with Crippen LogP contribution in [-0.2, 0) is 29.9 Å². The van der Waals surface area contributed by atoms with E-state index in [1.807, 2.05) is 6.92 Å². The number of carbonyl (C=O) groups is 2. The minimum absolute atomic E-state index is 0.361. The van der Waals surface area contributed by atoms with Crippen LogP contribution in [0.5, 0.6) is 5.75 Å². The van der Waals surface area contributed by atoms with Crippen molar-refractivity contribution in [1.29, 1.82) is 0 Å². The lowest BCUT2D eigenvalue weighted by Gasteiger charge is -2.33. The number of aryl methyl sites for hydroxylation is 1. The zero-order valence-corrected chi connectivity index (χ0v) is 18.2. The summed E-state index contributed by atoms with van der Waals surface area (Å²) in [5, 5.41) is 0. The minimum Gasteiger partial charge on any atom is -0.459 e. The SMILES string of the molecule is Cc1ccc(OS(=O)OCC(C)(C(=O)OC(C)(C)C)C(=O)C(C)(C)C)cc1. The van der Waals surface area contributed by atoms with Crippen LogP contribution in [0.1, 0.15) is 54.0 Å². The molecule has 0 fully saturated rings. The van der Waals surface area contributed by atoms with E-state index in [9.17, 15) is 13.8 Å². The van der Waals surface area contributed by atoms with E-state index in [1.165, 1.54) is 6.92 Å². The smallest absolute Gasteiger partial charge is 0.360 e. The number of hydrogen-bond acceptors (Lipinski definition) is 6. The molecule has 0 aliphatic heterocycles. The maximum atomic E-state index is 12.9. The molecule has 0 saturated heterocycles. The summed E-state index contributed by atoms with van der Waals surface area (Å²) in [4.78, 5) is 25.6. The highest BCUT2D eigenvalue weighted by molar-refractivity contribution is 7.75. The number of benzene rings is 1. The summed E-state index contributed by atoms with van der Waals surface area (Å²) in [6.45, 7) is 13.2. The fourth-order valence-electron chi connectivity index (χ4n) is 2.30. The summed E-state index contributed by atoms with van der Waals surface area (Å²) in [6, 6.07) is 6.93. The molecule has 1 rings (SSSR count). The predicted molar refractivity (Wildman–Crippen MR) is 104 cm³/mol. The molecular formula is C20H30O6S. The second-order valence-corrected chi connectivity index (χ2v) is 9.59. The van der Waals surface area contributed by atoms with E-state index in [-0.39, 0.29) is 5.78 Å². The van der Waals surface area contributed by atoms with Crippen LogP contribution >= 0.6 is 0 Å². The van der Waals surface area contributed by atoms with Crippen molar-refractivity contribution >= 4 is 23.1 Å². The van der Waals surface area contributed by atoms with Crippen molar-refractivity contribution in [1.82, 2.24) is 0 Å². The van der Waals surface area contributed by atoms with Crippen molar-refractivity contribution in [2.24, 2.45) is 10.8 Å². The van der Waals surface area contributed by atoms with E-state index in [2.05, 4.69) is 0 Å². The highest BCUT2D eigenvalue weighted by Crippen LogP contribution is 2.33. The van der Waals surface area contributed by atoms with Crippen molar-refractivity contribution < 1.29 is 26.9 Å². The summed E-state index contributed by atoms with van der Waals surface area (Å²) in [6.07, 6.45) is 0. The lowest BCUT2D eigenvalue weighted by molar-refractivity contribution is -0.173. The van der Waals surface area contributed by atoms with E-state index in [1.54, 1.807) is 65.8 Å². The first-order valence-electron chi connectivity index (χ1n) is 8.73. The molecule has 0 N–H and O–H groups in total. The Bertz CT molecular complexity index is 697. The molecule has 0 radical (unpaired) electrons. The standard InChI is InChI=1S/C20H30O6S/c1-14-9-11-15(12-10-14)26-27(23)24-13-20(8,16(21)18(2,3)4)17(22)25-19(5,6)7/h9-12H,13H2,1-8H3. The Balaban J connectivity index is 2.93. The summed E-state index contributed by atoms with van der Waals surface area (Å²) in [7, 11) is 0. The first kappa shape index (κ1) is 23.3. The number of hydrogen-bond donors (Lipinski definition) is 0. The lowest BCUT2D eigenvalue weighted by atomic mass is 9.74. The fourth-order valence-corrected chi connectivity index (χ4v) is 2.95. The molecule has 7 heteroatoms.